The molecule has 5 nitrogen and oxygen atoms in total. The van der Waals surface area contributed by atoms with Gasteiger partial charge in [-0.1, -0.05) is 57.5 Å². The number of amides is 1. The van der Waals surface area contributed by atoms with Crippen molar-refractivity contribution in [3.05, 3.63) is 35.9 Å². The Morgan fingerprint density at radius 2 is 1.92 bits per heavy atom. The maximum Gasteiger partial charge on any atom is 0.328 e. The number of hydrogen-bond acceptors (Lipinski definition) is 4. The summed E-state index contributed by atoms with van der Waals surface area (Å²) in [5.74, 6) is -0.732. The molecular formula is C20H29NO4. The van der Waals surface area contributed by atoms with E-state index in [0.29, 0.717) is 12.8 Å². The number of carbonyl (C=O) groups is 3. The number of methoxy groups -OCH3 is 1. The number of carbonyl (C=O) groups excluding carboxylic acids is 3. The summed E-state index contributed by atoms with van der Waals surface area (Å²) in [6.45, 7) is 5.70. The van der Waals surface area contributed by atoms with Gasteiger partial charge < -0.3 is 14.8 Å². The molecule has 0 fully saturated rings. The van der Waals surface area contributed by atoms with Crippen molar-refractivity contribution in [2.24, 2.45) is 11.3 Å². The van der Waals surface area contributed by atoms with Gasteiger partial charge in [0.2, 0.25) is 5.91 Å². The van der Waals surface area contributed by atoms with Crippen LogP contribution in [0.25, 0.3) is 0 Å². The van der Waals surface area contributed by atoms with E-state index in [-0.39, 0.29) is 18.2 Å². The van der Waals surface area contributed by atoms with Crippen LogP contribution in [0.5, 0.6) is 0 Å². The number of aryl methyl sites for hydroxylation is 1. The summed E-state index contributed by atoms with van der Waals surface area (Å²) in [6.07, 6.45) is 2.75. The molecule has 1 aromatic carbocycles. The summed E-state index contributed by atoms with van der Waals surface area (Å²) in [5, 5.41) is 2.81. The second kappa shape index (κ2) is 9.97. The predicted octanol–water partition coefficient (Wildman–Crippen LogP) is 2.92. The van der Waals surface area contributed by atoms with E-state index in [0.717, 1.165) is 18.3 Å². The summed E-state index contributed by atoms with van der Waals surface area (Å²) in [7, 11) is 1.31. The normalized spacial score (nSPS) is 15.5. The highest BCUT2D eigenvalue weighted by Crippen LogP contribution is 2.33. The number of ether oxygens (including phenoxy) is 1. The third-order valence-corrected chi connectivity index (χ3v) is 5.08. The number of benzene rings is 1. The van der Waals surface area contributed by atoms with Crippen LogP contribution in [0.15, 0.2) is 30.3 Å². The molecule has 0 saturated carbocycles. The van der Waals surface area contributed by atoms with Crippen molar-refractivity contribution in [2.75, 3.05) is 7.11 Å². The molecule has 138 valence electrons. The average Bonchev–Trinajstić information content (AvgIpc) is 2.64. The Kier molecular flexibility index (Phi) is 8.32. The Balaban J connectivity index is 2.87. The Morgan fingerprint density at radius 3 is 2.44 bits per heavy atom. The minimum Gasteiger partial charge on any atom is -0.467 e. The SMILES string of the molecule is CCC(C)[C@@](C)(CC=O)C(=O)N[C@@H](CCc1ccccc1)C(=O)OC. The number of rotatable bonds is 10. The van der Waals surface area contributed by atoms with E-state index < -0.39 is 17.4 Å². The van der Waals surface area contributed by atoms with E-state index in [1.54, 1.807) is 6.92 Å². The summed E-state index contributed by atoms with van der Waals surface area (Å²) < 4.78 is 4.84. The molecule has 1 rings (SSSR count). The standard InChI is InChI=1S/C20H29NO4/c1-5-15(2)20(3,13-14-22)19(24)21-17(18(23)25-4)12-11-16-9-7-6-8-10-16/h6-10,14-15,17H,5,11-13H2,1-4H3,(H,21,24)/t15?,17-,20+/m0/s1. The minimum atomic E-state index is -0.838. The second-order valence-corrected chi connectivity index (χ2v) is 6.67. The van der Waals surface area contributed by atoms with Crippen LogP contribution >= 0.6 is 0 Å². The van der Waals surface area contributed by atoms with E-state index in [2.05, 4.69) is 5.32 Å². The number of nitrogens with one attached hydrogen (secondary N) is 1. The summed E-state index contributed by atoms with van der Waals surface area (Å²) in [6, 6.07) is 9.03. The van der Waals surface area contributed by atoms with Crippen LogP contribution in [0.2, 0.25) is 0 Å². The first-order valence-corrected chi connectivity index (χ1v) is 8.75. The molecule has 0 heterocycles. The van der Waals surface area contributed by atoms with Crippen molar-refractivity contribution in [1.82, 2.24) is 5.32 Å². The van der Waals surface area contributed by atoms with Crippen molar-refractivity contribution in [2.45, 2.75) is 52.5 Å². The highest BCUT2D eigenvalue weighted by atomic mass is 16.5. The molecule has 1 amide bonds. The van der Waals surface area contributed by atoms with Crippen LogP contribution in [0.4, 0.5) is 0 Å². The zero-order chi connectivity index (χ0) is 18.9. The average molecular weight is 347 g/mol. The van der Waals surface area contributed by atoms with Gasteiger partial charge in [-0.25, -0.2) is 4.79 Å². The van der Waals surface area contributed by atoms with Gasteiger partial charge in [0.25, 0.3) is 0 Å². The lowest BCUT2D eigenvalue weighted by Gasteiger charge is -2.33. The zero-order valence-corrected chi connectivity index (χ0v) is 15.6. The fraction of sp³-hybridized carbons (Fsp3) is 0.550. The smallest absolute Gasteiger partial charge is 0.328 e. The molecule has 0 spiro atoms. The highest BCUT2D eigenvalue weighted by molar-refractivity contribution is 5.89. The van der Waals surface area contributed by atoms with Gasteiger partial charge in [-0.3, -0.25) is 4.79 Å². The van der Waals surface area contributed by atoms with Gasteiger partial charge in [0.05, 0.1) is 12.5 Å². The lowest BCUT2D eigenvalue weighted by Crippen LogP contribution is -2.50. The van der Waals surface area contributed by atoms with Crippen molar-refractivity contribution >= 4 is 18.2 Å². The van der Waals surface area contributed by atoms with Gasteiger partial charge in [0.1, 0.15) is 12.3 Å². The zero-order valence-electron chi connectivity index (χ0n) is 15.6. The molecule has 1 unspecified atom stereocenters. The molecule has 0 saturated heterocycles. The van der Waals surface area contributed by atoms with Gasteiger partial charge in [0, 0.05) is 6.42 Å². The first-order chi connectivity index (χ1) is 11.9. The van der Waals surface area contributed by atoms with Gasteiger partial charge in [-0.2, -0.15) is 0 Å². The van der Waals surface area contributed by atoms with Crippen LogP contribution in [0, 0.1) is 11.3 Å². The Bertz CT molecular complexity index is 572. The van der Waals surface area contributed by atoms with Gasteiger partial charge in [0.15, 0.2) is 0 Å². The molecule has 0 aliphatic rings. The topological polar surface area (TPSA) is 72.5 Å². The van der Waals surface area contributed by atoms with Crippen LogP contribution in [-0.4, -0.2) is 31.3 Å². The molecule has 0 aliphatic heterocycles. The van der Waals surface area contributed by atoms with E-state index in [1.165, 1.54) is 7.11 Å². The van der Waals surface area contributed by atoms with E-state index in [9.17, 15) is 14.4 Å². The number of esters is 1. The van der Waals surface area contributed by atoms with Crippen LogP contribution in [-0.2, 0) is 25.5 Å². The minimum absolute atomic E-state index is 0.0186. The van der Waals surface area contributed by atoms with Crippen LogP contribution < -0.4 is 5.32 Å². The molecular weight excluding hydrogens is 318 g/mol. The van der Waals surface area contributed by atoms with E-state index in [1.807, 2.05) is 44.2 Å². The van der Waals surface area contributed by atoms with Gasteiger partial charge >= 0.3 is 5.97 Å². The Morgan fingerprint density at radius 1 is 1.28 bits per heavy atom. The summed E-state index contributed by atoms with van der Waals surface area (Å²) in [5.41, 5.74) is 0.249. The summed E-state index contributed by atoms with van der Waals surface area (Å²) >= 11 is 0. The first kappa shape index (κ1) is 20.9. The molecule has 0 radical (unpaired) electrons. The van der Waals surface area contributed by atoms with Crippen molar-refractivity contribution in [3.8, 4) is 0 Å². The third kappa shape index (κ3) is 5.69. The maximum absolute atomic E-state index is 12.8. The second-order valence-electron chi connectivity index (χ2n) is 6.67. The monoisotopic (exact) mass is 347 g/mol. The Labute approximate surface area is 150 Å². The molecule has 0 aromatic heterocycles. The first-order valence-electron chi connectivity index (χ1n) is 8.75. The highest BCUT2D eigenvalue weighted by Gasteiger charge is 2.39. The molecule has 25 heavy (non-hydrogen) atoms. The van der Waals surface area contributed by atoms with E-state index in [4.69, 9.17) is 4.74 Å². The quantitative estimate of drug-likeness (QED) is 0.522. The molecule has 1 N–H and O–H groups in total. The fourth-order valence-electron chi connectivity index (χ4n) is 2.81. The predicted molar refractivity (Wildman–Crippen MR) is 97.0 cm³/mol. The number of hydrogen-bond donors (Lipinski definition) is 1. The maximum atomic E-state index is 12.8. The molecule has 1 aromatic rings. The Hall–Kier alpha value is -2.17. The van der Waals surface area contributed by atoms with Crippen LogP contribution in [0.1, 0.15) is 45.6 Å². The lowest BCUT2D eigenvalue weighted by molar-refractivity contribution is -0.147. The molecule has 5 heteroatoms. The van der Waals surface area contributed by atoms with E-state index >= 15 is 0 Å². The molecule has 0 bridgehead atoms. The van der Waals surface area contributed by atoms with Crippen molar-refractivity contribution in [1.29, 1.82) is 0 Å². The van der Waals surface area contributed by atoms with Crippen molar-refractivity contribution in [3.63, 3.8) is 0 Å². The summed E-state index contributed by atoms with van der Waals surface area (Å²) in [4.78, 5) is 36.0. The van der Waals surface area contributed by atoms with Crippen LogP contribution in [0.3, 0.4) is 0 Å². The van der Waals surface area contributed by atoms with Crippen molar-refractivity contribution < 1.29 is 19.1 Å². The lowest BCUT2D eigenvalue weighted by atomic mass is 9.73. The fourth-order valence-corrected chi connectivity index (χ4v) is 2.81. The third-order valence-electron chi connectivity index (χ3n) is 5.08. The largest absolute Gasteiger partial charge is 0.467 e. The number of aldehydes is 1. The molecule has 3 atom stereocenters. The van der Waals surface area contributed by atoms with Gasteiger partial charge in [-0.05, 0) is 24.3 Å². The van der Waals surface area contributed by atoms with Gasteiger partial charge in [-0.15, -0.1) is 0 Å². The molecule has 0 aliphatic carbocycles.